The predicted octanol–water partition coefficient (Wildman–Crippen LogP) is 1.82. The molecule has 0 spiro atoms. The fraction of sp³-hybridized carbons (Fsp3) is 0.375. The van der Waals surface area contributed by atoms with Crippen molar-refractivity contribution in [2.75, 3.05) is 0 Å². The average Bonchev–Trinajstić information content (AvgIpc) is 2.50. The Morgan fingerprint density at radius 2 is 2.55 bits per heavy atom. The number of hydrogen-bond acceptors (Lipinski definition) is 2. The van der Waals surface area contributed by atoms with Gasteiger partial charge in [0.05, 0.1) is 0 Å². The van der Waals surface area contributed by atoms with Gasteiger partial charge >= 0.3 is 0 Å². The van der Waals surface area contributed by atoms with E-state index >= 15 is 0 Å². The van der Waals surface area contributed by atoms with Crippen LogP contribution in [0.4, 0.5) is 0 Å². The summed E-state index contributed by atoms with van der Waals surface area (Å²) >= 11 is 0. The van der Waals surface area contributed by atoms with Crippen molar-refractivity contribution < 1.29 is 0 Å². The van der Waals surface area contributed by atoms with Crippen molar-refractivity contribution in [1.29, 1.82) is 0 Å². The maximum absolute atomic E-state index is 3.81. The highest BCUT2D eigenvalue weighted by molar-refractivity contribution is 5.37. The summed E-state index contributed by atoms with van der Waals surface area (Å²) in [7, 11) is 0. The lowest BCUT2D eigenvalue weighted by Crippen LogP contribution is -1.74. The van der Waals surface area contributed by atoms with E-state index in [1.54, 1.807) is 6.33 Å². The zero-order valence-electron chi connectivity index (χ0n) is 6.45. The molecule has 0 saturated carbocycles. The van der Waals surface area contributed by atoms with Gasteiger partial charge in [-0.15, -0.1) is 10.2 Å². The van der Waals surface area contributed by atoms with Gasteiger partial charge in [0.2, 0.25) is 0 Å². The summed E-state index contributed by atoms with van der Waals surface area (Å²) in [5.41, 5.74) is 0. The van der Waals surface area contributed by atoms with E-state index in [-0.39, 0.29) is 0 Å². The third-order valence-corrected chi connectivity index (χ3v) is 1.33. The van der Waals surface area contributed by atoms with E-state index in [9.17, 15) is 0 Å². The van der Waals surface area contributed by atoms with Crippen LogP contribution in [0.1, 0.15) is 25.1 Å². The van der Waals surface area contributed by atoms with Crippen LogP contribution in [-0.4, -0.2) is 15.2 Å². The van der Waals surface area contributed by atoms with Gasteiger partial charge in [0.1, 0.15) is 6.33 Å². The lowest BCUT2D eigenvalue weighted by molar-refractivity contribution is 0.868. The molecule has 0 aromatic carbocycles. The van der Waals surface area contributed by atoms with Crippen LogP contribution in [0.25, 0.3) is 6.08 Å². The van der Waals surface area contributed by atoms with Crippen molar-refractivity contribution in [3.8, 4) is 0 Å². The number of unbranched alkanes of at least 4 members (excludes halogenated alkanes) is 2. The molecule has 0 aliphatic carbocycles. The summed E-state index contributed by atoms with van der Waals surface area (Å²) in [6, 6.07) is 0. The zero-order chi connectivity index (χ0) is 7.94. The number of nitrogens with zero attached hydrogens (tertiary/aromatic N) is 2. The molecule has 1 radical (unpaired) electrons. The van der Waals surface area contributed by atoms with Crippen molar-refractivity contribution in [3.05, 3.63) is 25.2 Å². The van der Waals surface area contributed by atoms with Gasteiger partial charge in [0.25, 0.3) is 0 Å². The Morgan fingerprint density at radius 1 is 1.64 bits per heavy atom. The molecule has 1 heterocycles. The predicted molar refractivity (Wildman–Crippen MR) is 44.6 cm³/mol. The summed E-state index contributed by atoms with van der Waals surface area (Å²) in [4.78, 5) is 2.89. The minimum Gasteiger partial charge on any atom is -0.328 e. The van der Waals surface area contributed by atoms with E-state index in [1.165, 1.54) is 0 Å². The second kappa shape index (κ2) is 4.66. The molecule has 1 aromatic heterocycles. The molecular weight excluding hydrogens is 138 g/mol. The van der Waals surface area contributed by atoms with Crippen LogP contribution in [0, 0.1) is 6.92 Å². The molecule has 0 bridgehead atoms. The van der Waals surface area contributed by atoms with Gasteiger partial charge in [-0.1, -0.05) is 19.4 Å². The van der Waals surface area contributed by atoms with E-state index in [4.69, 9.17) is 0 Å². The summed E-state index contributed by atoms with van der Waals surface area (Å²) in [6.45, 7) is 3.75. The SMILES string of the molecule is [CH2]CCC/C=C/c1nnc[nH]1. The van der Waals surface area contributed by atoms with Crippen molar-refractivity contribution >= 4 is 6.08 Å². The van der Waals surface area contributed by atoms with Crippen molar-refractivity contribution in [2.24, 2.45) is 0 Å². The monoisotopic (exact) mass is 150 g/mol. The lowest BCUT2D eigenvalue weighted by Gasteiger charge is -1.86. The van der Waals surface area contributed by atoms with E-state index in [2.05, 4.69) is 28.2 Å². The second-order valence-electron chi connectivity index (χ2n) is 2.27. The Bertz CT molecular complexity index is 201. The molecule has 0 aliphatic heterocycles. The van der Waals surface area contributed by atoms with Crippen LogP contribution < -0.4 is 0 Å². The zero-order valence-corrected chi connectivity index (χ0v) is 6.45. The first-order valence-electron chi connectivity index (χ1n) is 3.75. The van der Waals surface area contributed by atoms with Gasteiger partial charge in [-0.05, 0) is 18.9 Å². The average molecular weight is 150 g/mol. The van der Waals surface area contributed by atoms with Gasteiger partial charge in [0, 0.05) is 0 Å². The molecule has 0 fully saturated rings. The highest BCUT2D eigenvalue weighted by atomic mass is 15.2. The normalized spacial score (nSPS) is 11.0. The minimum atomic E-state index is 0.814. The third-order valence-electron chi connectivity index (χ3n) is 1.33. The lowest BCUT2D eigenvalue weighted by atomic mass is 10.2. The maximum atomic E-state index is 3.81. The molecule has 0 amide bonds. The topological polar surface area (TPSA) is 41.6 Å². The first-order chi connectivity index (χ1) is 5.43. The Labute approximate surface area is 66.5 Å². The van der Waals surface area contributed by atoms with E-state index in [1.807, 2.05) is 6.08 Å². The Hall–Kier alpha value is -1.12. The van der Waals surface area contributed by atoms with Crippen molar-refractivity contribution in [3.63, 3.8) is 0 Å². The first-order valence-corrected chi connectivity index (χ1v) is 3.75. The van der Waals surface area contributed by atoms with Gasteiger partial charge in [-0.2, -0.15) is 0 Å². The molecule has 59 valence electrons. The number of nitrogens with one attached hydrogen (secondary N) is 1. The highest BCUT2D eigenvalue weighted by Crippen LogP contribution is 1.97. The Balaban J connectivity index is 2.25. The van der Waals surface area contributed by atoms with Crippen molar-refractivity contribution in [2.45, 2.75) is 19.3 Å². The van der Waals surface area contributed by atoms with E-state index in [0.29, 0.717) is 0 Å². The summed E-state index contributed by atoms with van der Waals surface area (Å²) < 4.78 is 0. The molecule has 11 heavy (non-hydrogen) atoms. The molecule has 1 N–H and O–H groups in total. The molecule has 3 heteroatoms. The first kappa shape index (κ1) is 7.98. The van der Waals surface area contributed by atoms with Crippen LogP contribution in [0.15, 0.2) is 12.4 Å². The molecule has 0 unspecified atom stereocenters. The van der Waals surface area contributed by atoms with E-state index < -0.39 is 0 Å². The minimum absolute atomic E-state index is 0.814. The third kappa shape index (κ3) is 2.98. The fourth-order valence-corrected chi connectivity index (χ4v) is 0.754. The molecule has 0 atom stereocenters. The standard InChI is InChI=1S/C8H12N3/c1-2-3-4-5-6-8-9-7-10-11-8/h5-7H,1-4H2,(H,9,10,11)/b6-5+. The van der Waals surface area contributed by atoms with Crippen LogP contribution in [0.2, 0.25) is 0 Å². The fourth-order valence-electron chi connectivity index (χ4n) is 0.754. The number of rotatable bonds is 4. The summed E-state index contributed by atoms with van der Waals surface area (Å²) in [5.74, 6) is 0.814. The number of aromatic amines is 1. The molecule has 1 aromatic rings. The summed E-state index contributed by atoms with van der Waals surface area (Å²) in [5, 5.41) is 7.46. The van der Waals surface area contributed by atoms with Crippen molar-refractivity contribution in [1.82, 2.24) is 15.2 Å². The smallest absolute Gasteiger partial charge is 0.153 e. The van der Waals surface area contributed by atoms with Crippen LogP contribution >= 0.6 is 0 Å². The number of allylic oxidation sites excluding steroid dienone is 1. The van der Waals surface area contributed by atoms with Crippen LogP contribution in [0.3, 0.4) is 0 Å². The number of H-pyrrole nitrogens is 1. The molecule has 3 nitrogen and oxygen atoms in total. The van der Waals surface area contributed by atoms with E-state index in [0.717, 1.165) is 25.1 Å². The van der Waals surface area contributed by atoms with Gasteiger partial charge < -0.3 is 4.98 Å². The largest absolute Gasteiger partial charge is 0.328 e. The van der Waals surface area contributed by atoms with Crippen LogP contribution in [0.5, 0.6) is 0 Å². The summed E-state index contributed by atoms with van der Waals surface area (Å²) in [6.07, 6.45) is 8.75. The van der Waals surface area contributed by atoms with Gasteiger partial charge in [0.15, 0.2) is 5.82 Å². The number of hydrogen-bond donors (Lipinski definition) is 1. The maximum Gasteiger partial charge on any atom is 0.153 e. The number of aromatic nitrogens is 3. The van der Waals surface area contributed by atoms with Crippen LogP contribution in [-0.2, 0) is 0 Å². The molecule has 0 aliphatic rings. The van der Waals surface area contributed by atoms with Gasteiger partial charge in [-0.3, -0.25) is 0 Å². The second-order valence-corrected chi connectivity index (χ2v) is 2.27. The molecule has 0 saturated heterocycles. The molecular formula is C8H12N3. The Kier molecular flexibility index (Phi) is 3.38. The van der Waals surface area contributed by atoms with Gasteiger partial charge in [-0.25, -0.2) is 0 Å². The molecule has 1 rings (SSSR count). The Morgan fingerprint density at radius 3 is 3.18 bits per heavy atom. The quantitative estimate of drug-likeness (QED) is 0.665. The highest BCUT2D eigenvalue weighted by Gasteiger charge is 1.85.